The first-order chi connectivity index (χ1) is 12.3. The second-order valence-electron chi connectivity index (χ2n) is 6.01. The summed E-state index contributed by atoms with van der Waals surface area (Å²) in [4.78, 5) is 12.7. The zero-order valence-corrected chi connectivity index (χ0v) is 14.0. The number of fused-ring (bicyclic) bond motifs is 3. The van der Waals surface area contributed by atoms with Crippen molar-refractivity contribution in [3.05, 3.63) is 84.6 Å². The van der Waals surface area contributed by atoms with Crippen molar-refractivity contribution in [3.8, 4) is 5.75 Å². The molecule has 25 heavy (non-hydrogen) atoms. The predicted octanol–water partition coefficient (Wildman–Crippen LogP) is 4.17. The van der Waals surface area contributed by atoms with E-state index in [1.54, 1.807) is 13.2 Å². The van der Waals surface area contributed by atoms with Crippen LogP contribution in [0.2, 0.25) is 0 Å². The maximum absolute atomic E-state index is 12.7. The van der Waals surface area contributed by atoms with Gasteiger partial charge in [-0.3, -0.25) is 4.79 Å². The summed E-state index contributed by atoms with van der Waals surface area (Å²) in [6.07, 6.45) is 1.95. The summed E-state index contributed by atoms with van der Waals surface area (Å²) in [5.41, 5.74) is 1.71. The molecule has 4 aromatic rings. The smallest absolute Gasteiger partial charge is 0.227 e. The van der Waals surface area contributed by atoms with E-state index in [0.717, 1.165) is 10.9 Å². The van der Waals surface area contributed by atoms with Crippen molar-refractivity contribution in [1.82, 2.24) is 0 Å². The van der Waals surface area contributed by atoms with Crippen LogP contribution in [0.1, 0.15) is 10.4 Å². The molecule has 3 nitrogen and oxygen atoms in total. The summed E-state index contributed by atoms with van der Waals surface area (Å²) in [7, 11) is 1.61. The Balaban J connectivity index is 1.76. The van der Waals surface area contributed by atoms with E-state index in [1.807, 2.05) is 47.2 Å². The summed E-state index contributed by atoms with van der Waals surface area (Å²) < 4.78 is 7.22. The van der Waals surface area contributed by atoms with Crippen LogP contribution in [0.25, 0.3) is 21.7 Å². The minimum absolute atomic E-state index is 0.0598. The number of rotatable bonds is 4. The molecule has 3 aromatic carbocycles. The monoisotopic (exact) mass is 328 g/mol. The minimum Gasteiger partial charge on any atom is -0.497 e. The van der Waals surface area contributed by atoms with Crippen molar-refractivity contribution in [2.45, 2.75) is 6.54 Å². The molecule has 1 aromatic heterocycles. The van der Waals surface area contributed by atoms with Crippen LogP contribution < -0.4 is 9.30 Å². The number of Topliss-reactive ketones (excluding diaryl/α,β-unsaturated/α-hetero) is 1. The maximum Gasteiger partial charge on any atom is 0.227 e. The van der Waals surface area contributed by atoms with Crippen LogP contribution in [-0.4, -0.2) is 12.9 Å². The van der Waals surface area contributed by atoms with Crippen molar-refractivity contribution < 1.29 is 14.1 Å². The lowest BCUT2D eigenvalue weighted by molar-refractivity contribution is -0.657. The fraction of sp³-hybridized carbons (Fsp3) is 0.0909. The summed E-state index contributed by atoms with van der Waals surface area (Å²) in [5, 5.41) is 3.55. The summed E-state index contributed by atoms with van der Waals surface area (Å²) in [6.45, 7) is 0.294. The van der Waals surface area contributed by atoms with Crippen LogP contribution >= 0.6 is 0 Å². The molecule has 1 heterocycles. The van der Waals surface area contributed by atoms with Crippen LogP contribution in [0.4, 0.5) is 0 Å². The van der Waals surface area contributed by atoms with Crippen molar-refractivity contribution in [3.63, 3.8) is 0 Å². The Bertz CT molecular complexity index is 1090. The first-order valence-electron chi connectivity index (χ1n) is 8.23. The Morgan fingerprint density at radius 2 is 1.76 bits per heavy atom. The number of nitrogens with zero attached hydrogens (tertiary/aromatic N) is 1. The fourth-order valence-corrected chi connectivity index (χ4v) is 3.21. The van der Waals surface area contributed by atoms with Crippen LogP contribution in [0.15, 0.2) is 79.0 Å². The highest BCUT2D eigenvalue weighted by molar-refractivity contribution is 6.05. The normalized spacial score (nSPS) is 10.9. The van der Waals surface area contributed by atoms with Gasteiger partial charge in [0.25, 0.3) is 0 Å². The third kappa shape index (κ3) is 2.85. The van der Waals surface area contributed by atoms with Crippen molar-refractivity contribution >= 4 is 27.5 Å². The number of ketones is 1. The third-order valence-electron chi connectivity index (χ3n) is 4.49. The Kier molecular flexibility index (Phi) is 3.90. The number of ether oxygens (including phenoxy) is 1. The molecule has 0 unspecified atom stereocenters. The lowest BCUT2D eigenvalue weighted by Gasteiger charge is -2.05. The molecule has 0 fully saturated rings. The molecule has 0 saturated heterocycles. The number of pyridine rings is 1. The van der Waals surface area contributed by atoms with Gasteiger partial charge in [-0.2, -0.15) is 4.57 Å². The molecule has 0 saturated carbocycles. The lowest BCUT2D eigenvalue weighted by Crippen LogP contribution is -2.38. The van der Waals surface area contributed by atoms with Crippen molar-refractivity contribution in [2.75, 3.05) is 7.11 Å². The van der Waals surface area contributed by atoms with Gasteiger partial charge in [0.15, 0.2) is 6.20 Å². The van der Waals surface area contributed by atoms with E-state index < -0.39 is 0 Å². The molecule has 0 spiro atoms. The van der Waals surface area contributed by atoms with Gasteiger partial charge in [-0.15, -0.1) is 0 Å². The average Bonchev–Trinajstić information content (AvgIpc) is 2.68. The van der Waals surface area contributed by atoms with E-state index in [9.17, 15) is 4.79 Å². The molecule has 0 atom stereocenters. The molecule has 0 radical (unpaired) electrons. The second-order valence-corrected chi connectivity index (χ2v) is 6.01. The fourth-order valence-electron chi connectivity index (χ4n) is 3.21. The highest BCUT2D eigenvalue weighted by Crippen LogP contribution is 2.23. The second kappa shape index (κ2) is 6.36. The van der Waals surface area contributed by atoms with Crippen LogP contribution in [0, 0.1) is 0 Å². The van der Waals surface area contributed by atoms with Crippen molar-refractivity contribution in [2.24, 2.45) is 0 Å². The maximum atomic E-state index is 12.7. The first kappa shape index (κ1) is 15.3. The van der Waals surface area contributed by atoms with Crippen molar-refractivity contribution in [1.29, 1.82) is 0 Å². The van der Waals surface area contributed by atoms with E-state index in [1.165, 1.54) is 10.8 Å². The number of methoxy groups -OCH3 is 1. The van der Waals surface area contributed by atoms with Crippen LogP contribution in [0.3, 0.4) is 0 Å². The molecule has 4 rings (SSSR count). The number of hydrogen-bond donors (Lipinski definition) is 0. The summed E-state index contributed by atoms with van der Waals surface area (Å²) in [5.74, 6) is 0.754. The molecule has 0 amide bonds. The van der Waals surface area contributed by atoms with Crippen LogP contribution in [-0.2, 0) is 6.54 Å². The van der Waals surface area contributed by atoms with Gasteiger partial charge in [0.2, 0.25) is 17.8 Å². The highest BCUT2D eigenvalue weighted by atomic mass is 16.5. The average molecular weight is 328 g/mol. The Morgan fingerprint density at radius 1 is 0.920 bits per heavy atom. The van der Waals surface area contributed by atoms with Gasteiger partial charge in [0, 0.05) is 17.7 Å². The molecule has 0 aliphatic carbocycles. The number of carbonyl (C=O) groups is 1. The van der Waals surface area contributed by atoms with E-state index in [4.69, 9.17) is 4.74 Å². The quantitative estimate of drug-likeness (QED) is 0.320. The Labute approximate surface area is 146 Å². The standard InChI is InChI=1S/C22H18NO2/c1-25-18-8-4-7-17(14-18)22(24)15-23-13-5-10-20-19-9-3-2-6-16(19)11-12-21(20)23/h2-14H,15H2,1H3/q+1. The van der Waals surface area contributed by atoms with Gasteiger partial charge in [0.05, 0.1) is 12.5 Å². The number of aromatic nitrogens is 1. The summed E-state index contributed by atoms with van der Waals surface area (Å²) >= 11 is 0. The largest absolute Gasteiger partial charge is 0.497 e. The van der Waals surface area contributed by atoms with Gasteiger partial charge < -0.3 is 4.74 Å². The van der Waals surface area contributed by atoms with E-state index in [-0.39, 0.29) is 5.78 Å². The SMILES string of the molecule is COc1cccc(C(=O)C[n+]2cccc3c4ccccc4ccc32)c1. The minimum atomic E-state index is 0.0598. The molecular formula is C22H18NO2+. The number of hydrogen-bond acceptors (Lipinski definition) is 2. The van der Waals surface area contributed by atoms with Gasteiger partial charge in [-0.05, 0) is 35.0 Å². The van der Waals surface area contributed by atoms with E-state index in [0.29, 0.717) is 17.9 Å². The number of benzene rings is 3. The predicted molar refractivity (Wildman–Crippen MR) is 99.0 cm³/mol. The highest BCUT2D eigenvalue weighted by Gasteiger charge is 2.16. The first-order valence-corrected chi connectivity index (χ1v) is 8.23. The van der Waals surface area contributed by atoms with E-state index in [2.05, 4.69) is 30.3 Å². The lowest BCUT2D eigenvalue weighted by atomic mass is 10.0. The molecule has 122 valence electrons. The third-order valence-corrected chi connectivity index (χ3v) is 4.49. The zero-order valence-electron chi connectivity index (χ0n) is 14.0. The molecule has 0 aliphatic heterocycles. The molecule has 0 bridgehead atoms. The number of carbonyl (C=O) groups excluding carboxylic acids is 1. The molecule has 0 aliphatic rings. The topological polar surface area (TPSA) is 30.2 Å². The van der Waals surface area contributed by atoms with Gasteiger partial charge in [-0.25, -0.2) is 0 Å². The van der Waals surface area contributed by atoms with Gasteiger partial charge >= 0.3 is 0 Å². The molecule has 0 N–H and O–H groups in total. The molecule has 3 heteroatoms. The van der Waals surface area contributed by atoms with Gasteiger partial charge in [0.1, 0.15) is 5.75 Å². The summed E-state index contributed by atoms with van der Waals surface area (Å²) in [6, 6.07) is 23.9. The Hall–Kier alpha value is -3.20. The Morgan fingerprint density at radius 3 is 2.64 bits per heavy atom. The van der Waals surface area contributed by atoms with Crippen LogP contribution in [0.5, 0.6) is 5.75 Å². The van der Waals surface area contributed by atoms with Gasteiger partial charge in [-0.1, -0.05) is 36.4 Å². The molecular weight excluding hydrogens is 310 g/mol. The van der Waals surface area contributed by atoms with E-state index >= 15 is 0 Å². The zero-order chi connectivity index (χ0) is 17.2.